The van der Waals surface area contributed by atoms with Gasteiger partial charge in [-0.25, -0.2) is 4.79 Å². The number of thiophene rings is 1. The predicted octanol–water partition coefficient (Wildman–Crippen LogP) is 4.63. The van der Waals surface area contributed by atoms with Gasteiger partial charge in [0, 0.05) is 11.3 Å². The zero-order valence-corrected chi connectivity index (χ0v) is 18.8. The topological polar surface area (TPSA) is 92.8 Å². The Morgan fingerprint density at radius 3 is 2.38 bits per heavy atom. The first-order valence-electron chi connectivity index (χ1n) is 11.0. The lowest BCUT2D eigenvalue weighted by Gasteiger charge is -2.20. The standard InChI is InChI=1S/C24H26N2O5S/c1-2-31-24(30)19-13-16(14-26-22(28)17-10-6-7-11-18(17)23(26)29)32-21(19)25-20(27)12-15-8-4-3-5-9-15/h6-7,10-11,13,15H,2-5,8-9,12,14H2,1H3,(H,25,27). The summed E-state index contributed by atoms with van der Waals surface area (Å²) in [6.45, 7) is 1.95. The Morgan fingerprint density at radius 1 is 1.09 bits per heavy atom. The van der Waals surface area contributed by atoms with Crippen LogP contribution in [0, 0.1) is 5.92 Å². The van der Waals surface area contributed by atoms with E-state index in [1.54, 1.807) is 37.3 Å². The van der Waals surface area contributed by atoms with Gasteiger partial charge in [0.25, 0.3) is 11.8 Å². The Morgan fingerprint density at radius 2 is 1.75 bits per heavy atom. The van der Waals surface area contributed by atoms with Gasteiger partial charge in [-0.05, 0) is 43.9 Å². The van der Waals surface area contributed by atoms with Crippen molar-refractivity contribution in [3.63, 3.8) is 0 Å². The second-order valence-corrected chi connectivity index (χ2v) is 9.31. The number of hydrogen-bond acceptors (Lipinski definition) is 6. The number of esters is 1. The van der Waals surface area contributed by atoms with Gasteiger partial charge in [0.1, 0.15) is 5.00 Å². The fraction of sp³-hybridized carbons (Fsp3) is 0.417. The van der Waals surface area contributed by atoms with E-state index in [9.17, 15) is 19.2 Å². The van der Waals surface area contributed by atoms with Gasteiger partial charge < -0.3 is 10.1 Å². The highest BCUT2D eigenvalue weighted by atomic mass is 32.1. The van der Waals surface area contributed by atoms with E-state index >= 15 is 0 Å². The Kier molecular flexibility index (Phi) is 6.69. The van der Waals surface area contributed by atoms with E-state index in [1.165, 1.54) is 22.7 Å². The van der Waals surface area contributed by atoms with Crippen LogP contribution in [-0.2, 0) is 16.1 Å². The third-order valence-electron chi connectivity index (χ3n) is 5.92. The highest BCUT2D eigenvalue weighted by molar-refractivity contribution is 7.16. The Bertz CT molecular complexity index is 1020. The lowest BCUT2D eigenvalue weighted by molar-refractivity contribution is -0.117. The van der Waals surface area contributed by atoms with Gasteiger partial charge in [0.05, 0.1) is 29.8 Å². The second-order valence-electron chi connectivity index (χ2n) is 8.17. The molecule has 1 aliphatic carbocycles. The van der Waals surface area contributed by atoms with Crippen LogP contribution < -0.4 is 5.32 Å². The number of carbonyl (C=O) groups excluding carboxylic acids is 4. The molecule has 1 N–H and O–H groups in total. The molecule has 1 aliphatic heterocycles. The van der Waals surface area contributed by atoms with Gasteiger partial charge in [-0.1, -0.05) is 31.4 Å². The van der Waals surface area contributed by atoms with Crippen molar-refractivity contribution in [2.75, 3.05) is 11.9 Å². The molecule has 2 aliphatic rings. The molecule has 32 heavy (non-hydrogen) atoms. The van der Waals surface area contributed by atoms with E-state index in [1.807, 2.05) is 0 Å². The molecule has 0 radical (unpaired) electrons. The molecule has 1 fully saturated rings. The largest absolute Gasteiger partial charge is 0.462 e. The third kappa shape index (κ3) is 4.60. The van der Waals surface area contributed by atoms with Crippen molar-refractivity contribution >= 4 is 40.0 Å². The zero-order valence-electron chi connectivity index (χ0n) is 18.0. The number of imide groups is 1. The minimum absolute atomic E-state index is 0.0297. The van der Waals surface area contributed by atoms with Crippen LogP contribution in [0.25, 0.3) is 0 Å². The lowest BCUT2D eigenvalue weighted by atomic mass is 9.87. The number of anilines is 1. The molecule has 2 aromatic rings. The molecule has 0 bridgehead atoms. The summed E-state index contributed by atoms with van der Waals surface area (Å²) in [7, 11) is 0. The maximum Gasteiger partial charge on any atom is 0.341 e. The van der Waals surface area contributed by atoms with Gasteiger partial charge in [-0.2, -0.15) is 0 Å². The van der Waals surface area contributed by atoms with Crippen LogP contribution in [0.15, 0.2) is 30.3 Å². The van der Waals surface area contributed by atoms with Gasteiger partial charge in [0.15, 0.2) is 0 Å². The molecule has 1 aromatic carbocycles. The number of fused-ring (bicyclic) bond motifs is 1. The fourth-order valence-electron chi connectivity index (χ4n) is 4.34. The minimum atomic E-state index is -0.537. The molecule has 2 heterocycles. The number of benzene rings is 1. The van der Waals surface area contributed by atoms with Crippen molar-refractivity contribution in [2.45, 2.75) is 52.0 Å². The van der Waals surface area contributed by atoms with E-state index in [4.69, 9.17) is 4.74 Å². The number of carbonyl (C=O) groups is 4. The monoisotopic (exact) mass is 454 g/mol. The number of amides is 3. The SMILES string of the molecule is CCOC(=O)c1cc(CN2C(=O)c3ccccc3C2=O)sc1NC(=O)CC1CCCCC1. The van der Waals surface area contributed by atoms with Crippen molar-refractivity contribution in [3.05, 3.63) is 51.9 Å². The maximum atomic E-state index is 12.7. The molecule has 0 saturated heterocycles. The fourth-order valence-corrected chi connectivity index (χ4v) is 5.39. The van der Waals surface area contributed by atoms with E-state index in [2.05, 4.69) is 5.32 Å². The molecule has 168 valence electrons. The van der Waals surface area contributed by atoms with Crippen molar-refractivity contribution < 1.29 is 23.9 Å². The number of nitrogens with one attached hydrogen (secondary N) is 1. The first-order valence-corrected chi connectivity index (χ1v) is 11.8. The molecule has 8 heteroatoms. The van der Waals surface area contributed by atoms with E-state index in [0.29, 0.717) is 33.3 Å². The predicted molar refractivity (Wildman–Crippen MR) is 121 cm³/mol. The number of ether oxygens (including phenoxy) is 1. The number of rotatable bonds is 7. The molecule has 3 amide bonds. The Balaban J connectivity index is 1.52. The third-order valence-corrected chi connectivity index (χ3v) is 6.96. The molecular formula is C24H26N2O5S. The molecule has 1 aromatic heterocycles. The summed E-state index contributed by atoms with van der Waals surface area (Å²) in [5.74, 6) is -1.02. The molecule has 4 rings (SSSR count). The lowest BCUT2D eigenvalue weighted by Crippen LogP contribution is -2.28. The highest BCUT2D eigenvalue weighted by Crippen LogP contribution is 2.33. The van der Waals surface area contributed by atoms with Crippen LogP contribution in [0.2, 0.25) is 0 Å². The van der Waals surface area contributed by atoms with Gasteiger partial charge >= 0.3 is 5.97 Å². The molecular weight excluding hydrogens is 428 g/mol. The van der Waals surface area contributed by atoms with Crippen molar-refractivity contribution in [2.24, 2.45) is 5.92 Å². The van der Waals surface area contributed by atoms with Crippen LogP contribution in [-0.4, -0.2) is 35.2 Å². The quantitative estimate of drug-likeness (QED) is 0.486. The van der Waals surface area contributed by atoms with Crippen LogP contribution in [0.4, 0.5) is 5.00 Å². The summed E-state index contributed by atoms with van der Waals surface area (Å²) in [5, 5.41) is 3.27. The van der Waals surface area contributed by atoms with E-state index < -0.39 is 5.97 Å². The minimum Gasteiger partial charge on any atom is -0.462 e. The summed E-state index contributed by atoms with van der Waals surface area (Å²) < 4.78 is 5.15. The Hall–Kier alpha value is -3.00. The molecule has 1 saturated carbocycles. The van der Waals surface area contributed by atoms with Crippen LogP contribution in [0.1, 0.15) is 81.4 Å². The molecule has 0 spiro atoms. The van der Waals surface area contributed by atoms with Gasteiger partial charge in [0.2, 0.25) is 5.91 Å². The smallest absolute Gasteiger partial charge is 0.341 e. The summed E-state index contributed by atoms with van der Waals surface area (Å²) in [6.07, 6.45) is 6.04. The highest BCUT2D eigenvalue weighted by Gasteiger charge is 2.35. The first kappa shape index (κ1) is 22.2. The van der Waals surface area contributed by atoms with Gasteiger partial charge in [-0.15, -0.1) is 11.3 Å². The molecule has 0 unspecified atom stereocenters. The number of hydrogen-bond donors (Lipinski definition) is 1. The average molecular weight is 455 g/mol. The summed E-state index contributed by atoms with van der Waals surface area (Å²) in [6, 6.07) is 8.30. The average Bonchev–Trinajstić information content (AvgIpc) is 3.29. The summed E-state index contributed by atoms with van der Waals surface area (Å²) >= 11 is 1.19. The summed E-state index contributed by atoms with van der Waals surface area (Å²) in [5.41, 5.74) is 1.00. The van der Waals surface area contributed by atoms with Crippen LogP contribution in [0.3, 0.4) is 0 Å². The number of nitrogens with zero attached hydrogens (tertiary/aromatic N) is 1. The first-order chi connectivity index (χ1) is 15.5. The van der Waals surface area contributed by atoms with Crippen LogP contribution in [0.5, 0.6) is 0 Å². The molecule has 7 nitrogen and oxygen atoms in total. The van der Waals surface area contributed by atoms with Crippen molar-refractivity contribution in [1.82, 2.24) is 4.90 Å². The van der Waals surface area contributed by atoms with Crippen molar-refractivity contribution in [3.8, 4) is 0 Å². The second kappa shape index (κ2) is 9.65. The Labute approximate surface area is 190 Å². The van der Waals surface area contributed by atoms with Crippen molar-refractivity contribution in [1.29, 1.82) is 0 Å². The van der Waals surface area contributed by atoms with E-state index in [-0.39, 0.29) is 36.4 Å². The van der Waals surface area contributed by atoms with E-state index in [0.717, 1.165) is 25.7 Å². The normalized spacial score (nSPS) is 16.2. The maximum absolute atomic E-state index is 12.7. The van der Waals surface area contributed by atoms with Crippen LogP contribution >= 0.6 is 11.3 Å². The molecule has 0 atom stereocenters. The van der Waals surface area contributed by atoms with Gasteiger partial charge in [-0.3, -0.25) is 19.3 Å². The zero-order chi connectivity index (χ0) is 22.7. The summed E-state index contributed by atoms with van der Waals surface area (Å²) in [4.78, 5) is 52.3.